The lowest BCUT2D eigenvalue weighted by atomic mass is 9.98. The van der Waals surface area contributed by atoms with Crippen molar-refractivity contribution < 1.29 is 19.1 Å². The van der Waals surface area contributed by atoms with Crippen molar-refractivity contribution in [3.05, 3.63) is 12.2 Å². The Morgan fingerprint density at radius 3 is 2.55 bits per heavy atom. The standard InChI is InChI=1S/C16H24O4/c1-2-3-4-9-19-15(17)7-8-16(18)20-14-11-12-5-6-13(14)10-12/h7-8,12-14H,2-6,9-11H2,1H3/b8-7+. The van der Waals surface area contributed by atoms with Gasteiger partial charge >= 0.3 is 11.9 Å². The van der Waals surface area contributed by atoms with Crippen LogP contribution in [0.3, 0.4) is 0 Å². The monoisotopic (exact) mass is 280 g/mol. The van der Waals surface area contributed by atoms with Crippen molar-refractivity contribution in [2.75, 3.05) is 6.61 Å². The van der Waals surface area contributed by atoms with Crippen LogP contribution in [0.2, 0.25) is 0 Å². The Morgan fingerprint density at radius 1 is 1.10 bits per heavy atom. The summed E-state index contributed by atoms with van der Waals surface area (Å²) in [5.74, 6) is 0.391. The van der Waals surface area contributed by atoms with E-state index in [0.717, 1.165) is 31.6 Å². The van der Waals surface area contributed by atoms with E-state index in [0.29, 0.717) is 12.5 Å². The number of carbonyl (C=O) groups is 2. The lowest BCUT2D eigenvalue weighted by molar-refractivity contribution is -0.146. The zero-order valence-corrected chi connectivity index (χ0v) is 12.2. The van der Waals surface area contributed by atoms with Crippen LogP contribution in [0.1, 0.15) is 51.9 Å². The molecule has 0 aromatic rings. The van der Waals surface area contributed by atoms with Crippen LogP contribution in [0.4, 0.5) is 0 Å². The number of ether oxygens (including phenoxy) is 2. The molecule has 0 heterocycles. The molecule has 0 aromatic heterocycles. The molecule has 2 rings (SSSR count). The predicted octanol–water partition coefficient (Wildman–Crippen LogP) is 3.01. The van der Waals surface area contributed by atoms with Crippen LogP contribution in [-0.2, 0) is 19.1 Å². The van der Waals surface area contributed by atoms with E-state index in [2.05, 4.69) is 6.92 Å². The van der Waals surface area contributed by atoms with Gasteiger partial charge in [-0.2, -0.15) is 0 Å². The number of fused-ring (bicyclic) bond motifs is 2. The molecule has 3 unspecified atom stereocenters. The van der Waals surface area contributed by atoms with Gasteiger partial charge in [-0.05, 0) is 43.9 Å². The molecule has 4 nitrogen and oxygen atoms in total. The van der Waals surface area contributed by atoms with Crippen molar-refractivity contribution in [2.24, 2.45) is 11.8 Å². The fourth-order valence-corrected chi connectivity index (χ4v) is 3.23. The Labute approximate surface area is 120 Å². The average Bonchev–Trinajstić information content (AvgIpc) is 3.04. The number of carbonyl (C=O) groups excluding carboxylic acids is 2. The third kappa shape index (κ3) is 4.36. The highest BCUT2D eigenvalue weighted by molar-refractivity contribution is 5.91. The van der Waals surface area contributed by atoms with E-state index in [1.807, 2.05) is 0 Å². The van der Waals surface area contributed by atoms with Crippen LogP contribution in [0.15, 0.2) is 12.2 Å². The van der Waals surface area contributed by atoms with E-state index < -0.39 is 11.9 Å². The van der Waals surface area contributed by atoms with Gasteiger partial charge in [0.25, 0.3) is 0 Å². The third-order valence-corrected chi connectivity index (χ3v) is 4.29. The summed E-state index contributed by atoms with van der Waals surface area (Å²) in [6.45, 7) is 2.51. The summed E-state index contributed by atoms with van der Waals surface area (Å²) in [4.78, 5) is 23.0. The number of unbranched alkanes of at least 4 members (excludes halogenated alkanes) is 2. The van der Waals surface area contributed by atoms with Gasteiger partial charge in [-0.3, -0.25) is 0 Å². The number of hydrogen-bond acceptors (Lipinski definition) is 4. The van der Waals surface area contributed by atoms with Gasteiger partial charge in [0.15, 0.2) is 0 Å². The number of esters is 2. The highest BCUT2D eigenvalue weighted by Gasteiger charge is 2.41. The van der Waals surface area contributed by atoms with Gasteiger partial charge in [0.05, 0.1) is 6.61 Å². The van der Waals surface area contributed by atoms with Crippen molar-refractivity contribution in [1.29, 1.82) is 0 Å². The molecule has 20 heavy (non-hydrogen) atoms. The molecule has 0 N–H and O–H groups in total. The maximum atomic E-state index is 11.6. The SMILES string of the molecule is CCCCCOC(=O)/C=C/C(=O)OC1CC2CCC1C2. The summed E-state index contributed by atoms with van der Waals surface area (Å²) in [5.41, 5.74) is 0. The lowest BCUT2D eigenvalue weighted by Crippen LogP contribution is -2.23. The minimum absolute atomic E-state index is 0.0616. The summed E-state index contributed by atoms with van der Waals surface area (Å²) in [6, 6.07) is 0. The molecule has 2 fully saturated rings. The zero-order chi connectivity index (χ0) is 14.4. The van der Waals surface area contributed by atoms with Gasteiger partial charge in [0.1, 0.15) is 6.10 Å². The van der Waals surface area contributed by atoms with Crippen LogP contribution < -0.4 is 0 Å². The van der Waals surface area contributed by atoms with Crippen LogP contribution in [-0.4, -0.2) is 24.6 Å². The second-order valence-electron chi connectivity index (χ2n) is 5.86. The second kappa shape index (κ2) is 7.46. The quantitative estimate of drug-likeness (QED) is 0.408. The molecule has 2 aliphatic carbocycles. The summed E-state index contributed by atoms with van der Waals surface area (Å²) in [6.07, 6.45) is 10.1. The van der Waals surface area contributed by atoms with Gasteiger partial charge in [-0.15, -0.1) is 0 Å². The Morgan fingerprint density at radius 2 is 1.90 bits per heavy atom. The Bertz CT molecular complexity index is 375. The van der Waals surface area contributed by atoms with E-state index in [1.54, 1.807) is 0 Å². The van der Waals surface area contributed by atoms with Crippen molar-refractivity contribution in [3.63, 3.8) is 0 Å². The van der Waals surface area contributed by atoms with E-state index in [1.165, 1.54) is 31.4 Å². The number of hydrogen-bond donors (Lipinski definition) is 0. The average molecular weight is 280 g/mol. The largest absolute Gasteiger partial charge is 0.463 e. The first-order chi connectivity index (χ1) is 9.69. The van der Waals surface area contributed by atoms with E-state index in [9.17, 15) is 9.59 Å². The van der Waals surface area contributed by atoms with E-state index in [-0.39, 0.29) is 6.10 Å². The highest BCUT2D eigenvalue weighted by Crippen LogP contribution is 2.45. The highest BCUT2D eigenvalue weighted by atomic mass is 16.5. The topological polar surface area (TPSA) is 52.6 Å². The minimum Gasteiger partial charge on any atom is -0.463 e. The van der Waals surface area contributed by atoms with Gasteiger partial charge in [0, 0.05) is 12.2 Å². The first kappa shape index (κ1) is 15.1. The molecule has 0 amide bonds. The Hall–Kier alpha value is -1.32. The van der Waals surface area contributed by atoms with E-state index >= 15 is 0 Å². The zero-order valence-electron chi connectivity index (χ0n) is 12.2. The molecule has 4 heteroatoms. The number of rotatable bonds is 7. The molecule has 3 atom stereocenters. The van der Waals surface area contributed by atoms with Crippen LogP contribution in [0, 0.1) is 11.8 Å². The molecule has 112 valence electrons. The van der Waals surface area contributed by atoms with Gasteiger partial charge in [0.2, 0.25) is 0 Å². The molecule has 0 aromatic carbocycles. The maximum Gasteiger partial charge on any atom is 0.331 e. The van der Waals surface area contributed by atoms with Gasteiger partial charge < -0.3 is 9.47 Å². The normalized spacial score (nSPS) is 27.9. The van der Waals surface area contributed by atoms with Crippen molar-refractivity contribution >= 4 is 11.9 Å². The molecular formula is C16H24O4. The van der Waals surface area contributed by atoms with Gasteiger partial charge in [-0.1, -0.05) is 19.8 Å². The second-order valence-corrected chi connectivity index (χ2v) is 5.86. The van der Waals surface area contributed by atoms with Crippen molar-refractivity contribution in [3.8, 4) is 0 Å². The van der Waals surface area contributed by atoms with Crippen LogP contribution in [0.25, 0.3) is 0 Å². The summed E-state index contributed by atoms with van der Waals surface area (Å²) < 4.78 is 10.4. The first-order valence-corrected chi connectivity index (χ1v) is 7.74. The van der Waals surface area contributed by atoms with Crippen LogP contribution in [0.5, 0.6) is 0 Å². The third-order valence-electron chi connectivity index (χ3n) is 4.29. The molecular weight excluding hydrogens is 256 g/mol. The van der Waals surface area contributed by atoms with E-state index in [4.69, 9.17) is 9.47 Å². The first-order valence-electron chi connectivity index (χ1n) is 7.74. The molecule has 0 radical (unpaired) electrons. The maximum absolute atomic E-state index is 11.6. The summed E-state index contributed by atoms with van der Waals surface area (Å²) in [7, 11) is 0. The minimum atomic E-state index is -0.467. The summed E-state index contributed by atoms with van der Waals surface area (Å²) in [5, 5.41) is 0. The van der Waals surface area contributed by atoms with Crippen LogP contribution >= 0.6 is 0 Å². The molecule has 0 spiro atoms. The Kier molecular flexibility index (Phi) is 5.62. The van der Waals surface area contributed by atoms with Gasteiger partial charge in [-0.25, -0.2) is 9.59 Å². The molecule has 2 saturated carbocycles. The predicted molar refractivity (Wildman–Crippen MR) is 75.0 cm³/mol. The Balaban J connectivity index is 1.63. The fraction of sp³-hybridized carbons (Fsp3) is 0.750. The molecule has 2 bridgehead atoms. The van der Waals surface area contributed by atoms with Crippen molar-refractivity contribution in [1.82, 2.24) is 0 Å². The molecule has 0 saturated heterocycles. The molecule has 2 aliphatic rings. The molecule has 0 aliphatic heterocycles. The van der Waals surface area contributed by atoms with Crippen molar-refractivity contribution in [2.45, 2.75) is 58.0 Å². The summed E-state index contributed by atoms with van der Waals surface area (Å²) >= 11 is 0. The lowest BCUT2D eigenvalue weighted by Gasteiger charge is -2.20. The fourth-order valence-electron chi connectivity index (χ4n) is 3.23. The smallest absolute Gasteiger partial charge is 0.331 e.